The van der Waals surface area contributed by atoms with Gasteiger partial charge in [-0.3, -0.25) is 0 Å². The highest BCUT2D eigenvalue weighted by molar-refractivity contribution is 5.20. The molecule has 0 unspecified atom stereocenters. The fourth-order valence-corrected chi connectivity index (χ4v) is 2.62. The van der Waals surface area contributed by atoms with Crippen LogP contribution in [0.3, 0.4) is 0 Å². The first-order chi connectivity index (χ1) is 17.8. The molecule has 0 aromatic heterocycles. The van der Waals surface area contributed by atoms with Crippen LogP contribution in [0.2, 0.25) is 0 Å². The predicted molar refractivity (Wildman–Crippen MR) is 137 cm³/mol. The van der Waals surface area contributed by atoms with Crippen molar-refractivity contribution in [3.8, 4) is 5.75 Å². The van der Waals surface area contributed by atoms with Crippen LogP contribution in [0.4, 0.5) is 0 Å². The summed E-state index contributed by atoms with van der Waals surface area (Å²) in [6.45, 7) is 10.3. The first kappa shape index (κ1) is 32.7. The molecule has 0 atom stereocenters. The fraction of sp³-hybridized carbons (Fsp3) is 0.769. The molecular weight excluding hydrogens is 470 g/mol. The third-order valence-corrected chi connectivity index (χ3v) is 4.53. The number of rotatable bonds is 28. The smallest absolute Gasteiger partial charge is 0.119 e. The third kappa shape index (κ3) is 24.4. The van der Waals surface area contributed by atoms with Gasteiger partial charge in [-0.2, -0.15) is 0 Å². The summed E-state index contributed by atoms with van der Waals surface area (Å²) >= 11 is 0. The van der Waals surface area contributed by atoms with Gasteiger partial charge in [-0.1, -0.05) is 18.2 Å². The number of benzene rings is 1. The van der Waals surface area contributed by atoms with E-state index in [-0.39, 0.29) is 0 Å². The molecule has 0 fully saturated rings. The lowest BCUT2D eigenvalue weighted by Gasteiger charge is -2.10. The van der Waals surface area contributed by atoms with E-state index in [2.05, 4.69) is 4.90 Å². The quantitative estimate of drug-likeness (QED) is 0.153. The monoisotopic (exact) mass is 517 g/mol. The van der Waals surface area contributed by atoms with Gasteiger partial charge in [0.1, 0.15) is 12.4 Å². The summed E-state index contributed by atoms with van der Waals surface area (Å²) in [5.74, 6) is 0.849. The Morgan fingerprint density at radius 1 is 0.417 bits per heavy atom. The molecule has 0 heterocycles. The second-order valence-corrected chi connectivity index (χ2v) is 7.86. The van der Waals surface area contributed by atoms with Gasteiger partial charge in [0, 0.05) is 6.54 Å². The van der Waals surface area contributed by atoms with Gasteiger partial charge in [0.25, 0.3) is 0 Å². The maximum Gasteiger partial charge on any atom is 0.119 e. The van der Waals surface area contributed by atoms with Crippen molar-refractivity contribution in [3.05, 3.63) is 30.3 Å². The van der Waals surface area contributed by atoms with Crippen LogP contribution in [0.15, 0.2) is 30.3 Å². The Hall–Kier alpha value is -1.34. The molecule has 210 valence electrons. The van der Waals surface area contributed by atoms with E-state index in [0.29, 0.717) is 106 Å². The topological polar surface area (TPSA) is 86.3 Å². The Labute approximate surface area is 217 Å². The van der Waals surface area contributed by atoms with E-state index in [0.717, 1.165) is 18.9 Å². The minimum atomic E-state index is 0.524. The van der Waals surface area contributed by atoms with Crippen LogP contribution in [-0.2, 0) is 37.9 Å². The number of likely N-dealkylation sites (N-methyl/N-ethyl adjacent to an activating group) is 1. The van der Waals surface area contributed by atoms with Gasteiger partial charge < -0.3 is 47.5 Å². The number of ether oxygens (including phenoxy) is 9. The van der Waals surface area contributed by atoms with Crippen LogP contribution < -0.4 is 4.74 Å². The maximum absolute atomic E-state index is 5.54. The zero-order valence-corrected chi connectivity index (χ0v) is 22.2. The lowest BCUT2D eigenvalue weighted by atomic mass is 10.3. The van der Waals surface area contributed by atoms with E-state index in [1.54, 1.807) is 0 Å². The van der Waals surface area contributed by atoms with E-state index in [1.165, 1.54) is 0 Å². The summed E-state index contributed by atoms with van der Waals surface area (Å²) in [4.78, 5) is 2.08. The van der Waals surface area contributed by atoms with E-state index in [1.807, 2.05) is 44.4 Å². The van der Waals surface area contributed by atoms with E-state index in [4.69, 9.17) is 42.6 Å². The molecule has 1 aromatic carbocycles. The molecule has 0 bridgehead atoms. The van der Waals surface area contributed by atoms with Gasteiger partial charge in [0.15, 0.2) is 0 Å². The van der Waals surface area contributed by atoms with Crippen LogP contribution in [0, 0.1) is 0 Å². The highest BCUT2D eigenvalue weighted by Crippen LogP contribution is 2.07. The van der Waals surface area contributed by atoms with Crippen LogP contribution >= 0.6 is 0 Å². The molecule has 0 saturated carbocycles. The Kier molecular flexibility index (Phi) is 24.3. The molecule has 10 nitrogen and oxygen atoms in total. The average Bonchev–Trinajstić information content (AvgIpc) is 2.88. The van der Waals surface area contributed by atoms with Crippen LogP contribution in [0.5, 0.6) is 5.75 Å². The largest absolute Gasteiger partial charge is 0.491 e. The van der Waals surface area contributed by atoms with Crippen molar-refractivity contribution < 1.29 is 42.6 Å². The van der Waals surface area contributed by atoms with Crippen molar-refractivity contribution in [1.29, 1.82) is 0 Å². The standard InChI is InChI=1S/C26H47NO9/c1-27(2)8-9-28-10-11-29-12-13-30-14-15-31-16-17-32-18-19-33-20-21-34-22-23-35-24-25-36-26-6-4-3-5-7-26/h3-7H,8-25H2,1-2H3. The second-order valence-electron chi connectivity index (χ2n) is 7.86. The van der Waals surface area contributed by atoms with E-state index in [9.17, 15) is 0 Å². The lowest BCUT2D eigenvalue weighted by Crippen LogP contribution is -2.19. The van der Waals surface area contributed by atoms with E-state index < -0.39 is 0 Å². The Morgan fingerprint density at radius 2 is 0.722 bits per heavy atom. The molecule has 10 heteroatoms. The summed E-state index contributed by atoms with van der Waals surface area (Å²) in [6.07, 6.45) is 0. The fourth-order valence-electron chi connectivity index (χ4n) is 2.62. The van der Waals surface area contributed by atoms with Crippen molar-refractivity contribution >= 4 is 0 Å². The van der Waals surface area contributed by atoms with Gasteiger partial charge in [0.2, 0.25) is 0 Å². The predicted octanol–water partition coefficient (Wildman–Crippen LogP) is 1.76. The summed E-state index contributed by atoms with van der Waals surface area (Å²) < 4.78 is 49.2. The number of nitrogens with zero attached hydrogens (tertiary/aromatic N) is 1. The minimum absolute atomic E-state index is 0.524. The molecule has 36 heavy (non-hydrogen) atoms. The molecule has 1 rings (SSSR count). The molecule has 0 spiro atoms. The van der Waals surface area contributed by atoms with Crippen molar-refractivity contribution in [1.82, 2.24) is 4.90 Å². The summed E-state index contributed by atoms with van der Waals surface area (Å²) in [5.41, 5.74) is 0. The summed E-state index contributed by atoms with van der Waals surface area (Å²) in [6, 6.07) is 9.68. The lowest BCUT2D eigenvalue weighted by molar-refractivity contribution is -0.0238. The molecule has 0 aliphatic carbocycles. The van der Waals surface area contributed by atoms with Gasteiger partial charge >= 0.3 is 0 Å². The molecular formula is C26H47NO9. The van der Waals surface area contributed by atoms with E-state index >= 15 is 0 Å². The van der Waals surface area contributed by atoms with Gasteiger partial charge in [0.05, 0.1) is 106 Å². The highest BCUT2D eigenvalue weighted by Gasteiger charge is 1.96. The molecule has 0 N–H and O–H groups in total. The Bertz CT molecular complexity index is 551. The summed E-state index contributed by atoms with van der Waals surface area (Å²) in [5, 5.41) is 0. The first-order valence-corrected chi connectivity index (χ1v) is 12.7. The molecule has 0 radical (unpaired) electrons. The highest BCUT2D eigenvalue weighted by atomic mass is 16.6. The van der Waals surface area contributed by atoms with Crippen LogP contribution in [0.1, 0.15) is 0 Å². The SMILES string of the molecule is CN(C)CCOCCOCCOCCOCCOCCOCCOCCOCCOc1ccccc1. The Morgan fingerprint density at radius 3 is 1.06 bits per heavy atom. The normalized spacial score (nSPS) is 11.4. The van der Waals surface area contributed by atoms with Crippen LogP contribution in [0.25, 0.3) is 0 Å². The second kappa shape index (κ2) is 26.7. The maximum atomic E-state index is 5.54. The van der Waals surface area contributed by atoms with Gasteiger partial charge in [-0.05, 0) is 26.2 Å². The zero-order chi connectivity index (χ0) is 25.8. The average molecular weight is 518 g/mol. The van der Waals surface area contributed by atoms with Crippen LogP contribution in [-0.4, -0.2) is 138 Å². The van der Waals surface area contributed by atoms with Gasteiger partial charge in [-0.25, -0.2) is 0 Å². The first-order valence-electron chi connectivity index (χ1n) is 12.7. The molecule has 0 aliphatic rings. The number of hydrogen-bond acceptors (Lipinski definition) is 10. The van der Waals surface area contributed by atoms with Crippen molar-refractivity contribution in [3.63, 3.8) is 0 Å². The number of hydrogen-bond donors (Lipinski definition) is 0. The van der Waals surface area contributed by atoms with Crippen molar-refractivity contribution in [2.75, 3.05) is 133 Å². The molecule has 1 aromatic rings. The molecule has 0 amide bonds. The Balaban J connectivity index is 1.63. The van der Waals surface area contributed by atoms with Crippen molar-refractivity contribution in [2.24, 2.45) is 0 Å². The molecule has 0 aliphatic heterocycles. The van der Waals surface area contributed by atoms with Gasteiger partial charge in [-0.15, -0.1) is 0 Å². The third-order valence-electron chi connectivity index (χ3n) is 4.53. The molecule has 0 saturated heterocycles. The number of para-hydroxylation sites is 1. The zero-order valence-electron chi connectivity index (χ0n) is 22.2. The summed E-state index contributed by atoms with van der Waals surface area (Å²) in [7, 11) is 4.04. The van der Waals surface area contributed by atoms with Crippen molar-refractivity contribution in [2.45, 2.75) is 0 Å². The minimum Gasteiger partial charge on any atom is -0.491 e.